The summed E-state index contributed by atoms with van der Waals surface area (Å²) in [5, 5.41) is -13.0. The molecule has 30 heavy (non-hydrogen) atoms. The molecule has 0 amide bonds. The monoisotopic (exact) mass is 490 g/mol. The van der Waals surface area contributed by atoms with Gasteiger partial charge < -0.3 is 9.15 Å². The third-order valence-corrected chi connectivity index (χ3v) is 6.52. The van der Waals surface area contributed by atoms with Gasteiger partial charge in [-0.25, -0.2) is 8.42 Å². The van der Waals surface area contributed by atoms with Gasteiger partial charge in [-0.15, -0.1) is 0 Å². The lowest BCUT2D eigenvalue weighted by Gasteiger charge is -2.34. The Labute approximate surface area is 168 Å². The van der Waals surface area contributed by atoms with Gasteiger partial charge in [-0.05, 0) is 37.6 Å². The summed E-state index contributed by atoms with van der Waals surface area (Å²) >= 11 is 3.84. The van der Waals surface area contributed by atoms with Crippen LogP contribution in [0.25, 0.3) is 0 Å². The number of hydrogen-bond donors (Lipinski definition) is 0. The number of sulfone groups is 1. The van der Waals surface area contributed by atoms with Crippen molar-refractivity contribution >= 4 is 27.2 Å². The lowest BCUT2D eigenvalue weighted by molar-refractivity contribution is -0.326. The molecule has 1 aliphatic rings. The minimum Gasteiger partial charge on any atom is -0.485 e. The average molecular weight is 491 g/mol. The van der Waals surface area contributed by atoms with E-state index in [1.54, 1.807) is 0 Å². The highest BCUT2D eigenvalue weighted by Crippen LogP contribution is 2.58. The predicted octanol–water partition coefficient (Wildman–Crippen LogP) is 4.69. The Bertz CT molecular complexity index is 966. The van der Waals surface area contributed by atoms with Crippen LogP contribution in [0.15, 0.2) is 33.5 Å². The lowest BCUT2D eigenvalue weighted by Crippen LogP contribution is -2.63. The zero-order valence-corrected chi connectivity index (χ0v) is 16.3. The molecule has 2 atom stereocenters. The van der Waals surface area contributed by atoms with Gasteiger partial charge in [0.1, 0.15) is 22.3 Å². The van der Waals surface area contributed by atoms with Crippen LogP contribution in [0.3, 0.4) is 0 Å². The van der Waals surface area contributed by atoms with Gasteiger partial charge in [0, 0.05) is 0 Å². The van der Waals surface area contributed by atoms with Gasteiger partial charge in [-0.1, -0.05) is 0 Å². The number of ketones is 1. The summed E-state index contributed by atoms with van der Waals surface area (Å²) < 4.78 is 143. The summed E-state index contributed by atoms with van der Waals surface area (Å²) in [5.41, 5.74) is 0. The molecule has 5 nitrogen and oxygen atoms in total. The highest BCUT2D eigenvalue weighted by Gasteiger charge is 2.84. The van der Waals surface area contributed by atoms with Crippen molar-refractivity contribution in [2.45, 2.75) is 48.4 Å². The second-order valence-electron chi connectivity index (χ2n) is 6.23. The molecule has 0 unspecified atom stereocenters. The quantitative estimate of drug-likeness (QED) is 0.409. The second kappa shape index (κ2) is 7.11. The molecule has 1 aromatic heterocycles. The first-order valence-corrected chi connectivity index (χ1v) is 9.54. The number of furan rings is 1. The predicted molar refractivity (Wildman–Crippen MR) is 84.3 cm³/mol. The van der Waals surface area contributed by atoms with Gasteiger partial charge in [0.05, 0.1) is 6.26 Å². The van der Waals surface area contributed by atoms with Crippen LogP contribution in [-0.4, -0.2) is 42.8 Å². The minimum atomic E-state index is -7.17. The van der Waals surface area contributed by atoms with Crippen LogP contribution in [-0.2, 0) is 19.4 Å². The zero-order valence-electron chi connectivity index (χ0n) is 14.7. The number of rotatable bonds is 7. The first-order valence-electron chi connectivity index (χ1n) is 7.68. The number of ether oxygens (including phenoxy) is 1. The van der Waals surface area contributed by atoms with E-state index < -0.39 is 66.5 Å². The van der Waals surface area contributed by atoms with Crippen molar-refractivity contribution in [2.75, 3.05) is 0 Å². The number of carbonyl (C=O) groups excluding carboxylic acids is 1. The van der Waals surface area contributed by atoms with E-state index in [4.69, 9.17) is 9.15 Å². The lowest BCUT2D eigenvalue weighted by atomic mass is 9.97. The highest BCUT2D eigenvalue weighted by molar-refractivity contribution is 7.96. The van der Waals surface area contributed by atoms with Crippen molar-refractivity contribution in [3.8, 4) is 0 Å². The van der Waals surface area contributed by atoms with Crippen molar-refractivity contribution in [1.29, 1.82) is 0 Å². The van der Waals surface area contributed by atoms with E-state index in [1.807, 2.05) is 0 Å². The Kier molecular flexibility index (Phi) is 5.79. The third kappa shape index (κ3) is 3.27. The number of Topliss-reactive ketones (excluding diaryl/α,β-unsaturated/α-hetero) is 1. The van der Waals surface area contributed by atoms with Crippen LogP contribution in [0.2, 0.25) is 0 Å². The molecular weight excluding hydrogens is 480 g/mol. The van der Waals surface area contributed by atoms with E-state index >= 15 is 0 Å². The molecule has 170 valence electrons. The standard InChI is InChI=1S/C15H11ClF8O5S/c1-6(25)10-9(8-4-3-5-28-8)11(7(2)29-10)30(26,27)15(23,24)13(19,20)12(17,18)14(16,21)22/h3-5,9-10H,1-2H3/t9-,10-/m0/s1. The summed E-state index contributed by atoms with van der Waals surface area (Å²) in [6.45, 7) is 1.53. The summed E-state index contributed by atoms with van der Waals surface area (Å²) in [5.74, 6) is -18.7. The van der Waals surface area contributed by atoms with Gasteiger partial charge >= 0.3 is 22.5 Å². The molecule has 1 aromatic rings. The molecule has 0 aliphatic carbocycles. The van der Waals surface area contributed by atoms with Crippen LogP contribution < -0.4 is 0 Å². The SMILES string of the molecule is CC(=O)[C@@H]1OC(C)=C(S(=O)(=O)C(F)(F)C(F)(F)C(F)(F)C(F)(F)Cl)[C@H]1c1ccco1. The fraction of sp³-hybridized carbons (Fsp3) is 0.533. The molecule has 0 saturated heterocycles. The van der Waals surface area contributed by atoms with E-state index in [2.05, 4.69) is 11.6 Å². The average Bonchev–Trinajstić information content (AvgIpc) is 3.20. The van der Waals surface area contributed by atoms with E-state index in [1.165, 1.54) is 0 Å². The second-order valence-corrected chi connectivity index (χ2v) is 8.66. The van der Waals surface area contributed by atoms with Crippen LogP contribution in [0, 0.1) is 0 Å². The summed E-state index contributed by atoms with van der Waals surface area (Å²) in [4.78, 5) is 10.0. The normalized spacial score (nSPS) is 21.7. The maximum absolute atomic E-state index is 14.4. The molecule has 0 N–H and O–H groups in total. The van der Waals surface area contributed by atoms with Crippen molar-refractivity contribution in [2.24, 2.45) is 0 Å². The maximum Gasteiger partial charge on any atom is 0.417 e. The fourth-order valence-electron chi connectivity index (χ4n) is 2.76. The van der Waals surface area contributed by atoms with E-state index in [0.29, 0.717) is 6.92 Å². The molecule has 0 spiro atoms. The van der Waals surface area contributed by atoms with Gasteiger partial charge in [-0.3, -0.25) is 4.79 Å². The fourth-order valence-corrected chi connectivity index (χ4v) is 4.62. The van der Waals surface area contributed by atoms with Gasteiger partial charge in [0.25, 0.3) is 9.84 Å². The third-order valence-electron chi connectivity index (χ3n) is 4.23. The Morgan fingerprint density at radius 3 is 2.00 bits per heavy atom. The van der Waals surface area contributed by atoms with Crippen LogP contribution in [0.5, 0.6) is 0 Å². The van der Waals surface area contributed by atoms with Crippen LogP contribution >= 0.6 is 11.6 Å². The van der Waals surface area contributed by atoms with E-state index in [0.717, 1.165) is 25.3 Å². The first kappa shape index (κ1) is 24.4. The number of alkyl halides is 9. The highest BCUT2D eigenvalue weighted by atomic mass is 35.5. The molecule has 0 fully saturated rings. The Balaban J connectivity index is 2.71. The van der Waals surface area contributed by atoms with E-state index in [9.17, 15) is 48.3 Å². The summed E-state index contributed by atoms with van der Waals surface area (Å²) in [6, 6.07) is 2.11. The van der Waals surface area contributed by atoms with Crippen molar-refractivity contribution in [3.05, 3.63) is 34.8 Å². The molecule has 2 heterocycles. The van der Waals surface area contributed by atoms with Crippen LogP contribution in [0.4, 0.5) is 35.1 Å². The number of halogens is 9. The summed E-state index contributed by atoms with van der Waals surface area (Å²) in [6.07, 6.45) is -0.931. The van der Waals surface area contributed by atoms with E-state index in [-0.39, 0.29) is 0 Å². The topological polar surface area (TPSA) is 73.6 Å². The Morgan fingerprint density at radius 1 is 1.07 bits per heavy atom. The van der Waals surface area contributed by atoms with Crippen molar-refractivity contribution < 1.29 is 57.5 Å². The Hall–Kier alpha value is -1.83. The molecule has 2 rings (SSSR count). The van der Waals surface area contributed by atoms with Gasteiger partial charge in [0.15, 0.2) is 11.9 Å². The van der Waals surface area contributed by atoms with Crippen molar-refractivity contribution in [3.63, 3.8) is 0 Å². The molecule has 0 aromatic carbocycles. The largest absolute Gasteiger partial charge is 0.485 e. The minimum absolute atomic E-state index is 0.515. The number of carbonyl (C=O) groups is 1. The smallest absolute Gasteiger partial charge is 0.417 e. The number of hydrogen-bond acceptors (Lipinski definition) is 5. The maximum atomic E-state index is 14.4. The molecule has 15 heteroatoms. The first-order chi connectivity index (χ1) is 13.3. The Morgan fingerprint density at radius 2 is 1.60 bits per heavy atom. The molecule has 0 radical (unpaired) electrons. The molecule has 1 aliphatic heterocycles. The van der Waals surface area contributed by atoms with Crippen molar-refractivity contribution in [1.82, 2.24) is 0 Å². The molecular formula is C15H11ClF8O5S. The number of allylic oxidation sites excluding steroid dienone is 1. The molecule has 0 saturated carbocycles. The zero-order chi connectivity index (χ0) is 23.5. The van der Waals surface area contributed by atoms with Gasteiger partial charge in [-0.2, -0.15) is 35.1 Å². The van der Waals surface area contributed by atoms with Crippen LogP contribution in [0.1, 0.15) is 25.5 Å². The van der Waals surface area contributed by atoms with Gasteiger partial charge in [0.2, 0.25) is 0 Å². The molecule has 0 bridgehead atoms. The summed E-state index contributed by atoms with van der Waals surface area (Å²) in [7, 11) is -6.84.